The van der Waals surface area contributed by atoms with E-state index in [4.69, 9.17) is 0 Å². The van der Waals surface area contributed by atoms with Gasteiger partial charge < -0.3 is 10.6 Å². The Kier molecular flexibility index (Phi) is 3.33. The van der Waals surface area contributed by atoms with E-state index < -0.39 is 0 Å². The van der Waals surface area contributed by atoms with Crippen molar-refractivity contribution in [1.29, 1.82) is 0 Å². The van der Waals surface area contributed by atoms with Gasteiger partial charge in [0.05, 0.1) is 0 Å². The van der Waals surface area contributed by atoms with Gasteiger partial charge in [0, 0.05) is 24.7 Å². The maximum absolute atomic E-state index is 12.0. The molecule has 3 nitrogen and oxygen atoms in total. The summed E-state index contributed by atoms with van der Waals surface area (Å²) in [5.74, 6) is 0.0577. The molecule has 1 fully saturated rings. The lowest BCUT2D eigenvalue weighted by Gasteiger charge is -2.07. The van der Waals surface area contributed by atoms with Gasteiger partial charge in [0.2, 0.25) is 0 Å². The zero-order valence-corrected chi connectivity index (χ0v) is 10.7. The number of amides is 1. The van der Waals surface area contributed by atoms with Crippen molar-refractivity contribution in [3.63, 3.8) is 0 Å². The van der Waals surface area contributed by atoms with Gasteiger partial charge in [-0.05, 0) is 55.4 Å². The van der Waals surface area contributed by atoms with Crippen LogP contribution in [0.1, 0.15) is 40.7 Å². The Hall–Kier alpha value is -1.35. The number of nitrogens with one attached hydrogen (secondary N) is 2. The van der Waals surface area contributed by atoms with Gasteiger partial charge in [-0.3, -0.25) is 4.79 Å². The number of benzene rings is 1. The SMILES string of the molecule is O=C(NCCNC1CC1)c1ccc2c(c1)CCC2. The molecule has 3 rings (SSSR count). The van der Waals surface area contributed by atoms with Crippen molar-refractivity contribution in [3.8, 4) is 0 Å². The van der Waals surface area contributed by atoms with E-state index in [0.29, 0.717) is 12.6 Å². The van der Waals surface area contributed by atoms with E-state index in [0.717, 1.165) is 18.5 Å². The van der Waals surface area contributed by atoms with Crippen LogP contribution in [0.15, 0.2) is 18.2 Å². The second kappa shape index (κ2) is 5.11. The topological polar surface area (TPSA) is 41.1 Å². The largest absolute Gasteiger partial charge is 0.351 e. The molecule has 0 saturated heterocycles. The number of hydrogen-bond donors (Lipinski definition) is 2. The molecule has 0 atom stereocenters. The summed E-state index contributed by atoms with van der Waals surface area (Å²) in [6.07, 6.45) is 6.10. The highest BCUT2D eigenvalue weighted by molar-refractivity contribution is 5.94. The van der Waals surface area contributed by atoms with Crippen LogP contribution in [0, 0.1) is 0 Å². The average Bonchev–Trinajstić information content (AvgIpc) is 3.09. The fraction of sp³-hybridized carbons (Fsp3) is 0.533. The third kappa shape index (κ3) is 2.72. The van der Waals surface area contributed by atoms with Crippen LogP contribution in [0.5, 0.6) is 0 Å². The van der Waals surface area contributed by atoms with E-state index in [2.05, 4.69) is 22.8 Å². The van der Waals surface area contributed by atoms with Crippen LogP contribution in [-0.2, 0) is 12.8 Å². The van der Waals surface area contributed by atoms with Crippen LogP contribution in [0.4, 0.5) is 0 Å². The minimum Gasteiger partial charge on any atom is -0.351 e. The Balaban J connectivity index is 1.51. The summed E-state index contributed by atoms with van der Waals surface area (Å²) in [5, 5.41) is 6.36. The Bertz CT molecular complexity index is 452. The van der Waals surface area contributed by atoms with Crippen LogP contribution in [0.3, 0.4) is 0 Å². The summed E-state index contributed by atoms with van der Waals surface area (Å²) in [6, 6.07) is 6.83. The zero-order chi connectivity index (χ0) is 12.4. The maximum atomic E-state index is 12.0. The molecule has 0 aromatic heterocycles. The Morgan fingerprint density at radius 1 is 1.17 bits per heavy atom. The van der Waals surface area contributed by atoms with Gasteiger partial charge in [-0.25, -0.2) is 0 Å². The minimum absolute atomic E-state index is 0.0577. The summed E-state index contributed by atoms with van der Waals surface area (Å²) < 4.78 is 0. The monoisotopic (exact) mass is 244 g/mol. The molecule has 1 aromatic carbocycles. The van der Waals surface area contributed by atoms with Crippen LogP contribution < -0.4 is 10.6 Å². The highest BCUT2D eigenvalue weighted by atomic mass is 16.1. The van der Waals surface area contributed by atoms with Gasteiger partial charge in [0.15, 0.2) is 0 Å². The lowest BCUT2D eigenvalue weighted by molar-refractivity contribution is 0.0954. The molecule has 96 valence electrons. The molecule has 0 bridgehead atoms. The molecule has 0 heterocycles. The summed E-state index contributed by atoms with van der Waals surface area (Å²) in [5.41, 5.74) is 3.59. The third-order valence-electron chi connectivity index (χ3n) is 3.78. The van der Waals surface area contributed by atoms with Crippen molar-refractivity contribution >= 4 is 5.91 Å². The number of aryl methyl sites for hydroxylation is 2. The van der Waals surface area contributed by atoms with Gasteiger partial charge in [-0.2, -0.15) is 0 Å². The van der Waals surface area contributed by atoms with Crippen LogP contribution in [0.25, 0.3) is 0 Å². The van der Waals surface area contributed by atoms with Crippen molar-refractivity contribution in [2.75, 3.05) is 13.1 Å². The second-order valence-electron chi connectivity index (χ2n) is 5.32. The van der Waals surface area contributed by atoms with E-state index in [-0.39, 0.29) is 5.91 Å². The molecule has 0 unspecified atom stereocenters. The molecule has 2 aliphatic rings. The Labute approximate surface area is 108 Å². The van der Waals surface area contributed by atoms with E-state index in [1.165, 1.54) is 36.8 Å². The standard InChI is InChI=1S/C15H20N2O/c18-15(17-9-8-16-14-6-7-14)13-5-4-11-2-1-3-12(11)10-13/h4-5,10,14,16H,1-3,6-9H2,(H,17,18). The molecule has 1 saturated carbocycles. The normalized spacial score (nSPS) is 17.6. The summed E-state index contributed by atoms with van der Waals surface area (Å²) in [6.45, 7) is 1.59. The van der Waals surface area contributed by atoms with Crippen molar-refractivity contribution in [2.24, 2.45) is 0 Å². The van der Waals surface area contributed by atoms with Gasteiger partial charge >= 0.3 is 0 Å². The van der Waals surface area contributed by atoms with E-state index in [1.54, 1.807) is 0 Å². The Morgan fingerprint density at radius 3 is 2.83 bits per heavy atom. The van der Waals surface area contributed by atoms with Gasteiger partial charge in [0.25, 0.3) is 5.91 Å². The zero-order valence-electron chi connectivity index (χ0n) is 10.7. The highest BCUT2D eigenvalue weighted by Crippen LogP contribution is 2.22. The van der Waals surface area contributed by atoms with E-state index in [9.17, 15) is 4.79 Å². The first kappa shape index (κ1) is 11.7. The predicted molar refractivity (Wildman–Crippen MR) is 71.8 cm³/mol. The lowest BCUT2D eigenvalue weighted by Crippen LogP contribution is -2.32. The maximum Gasteiger partial charge on any atom is 0.251 e. The molecule has 2 aliphatic carbocycles. The molecule has 1 amide bonds. The number of carbonyl (C=O) groups is 1. The van der Waals surface area contributed by atoms with Crippen molar-refractivity contribution in [2.45, 2.75) is 38.1 Å². The van der Waals surface area contributed by atoms with Crippen LogP contribution in [-0.4, -0.2) is 25.0 Å². The number of hydrogen-bond acceptors (Lipinski definition) is 2. The lowest BCUT2D eigenvalue weighted by atomic mass is 10.1. The van der Waals surface area contributed by atoms with E-state index in [1.807, 2.05) is 6.07 Å². The molecule has 0 spiro atoms. The highest BCUT2D eigenvalue weighted by Gasteiger charge is 2.19. The van der Waals surface area contributed by atoms with Crippen molar-refractivity contribution in [3.05, 3.63) is 34.9 Å². The number of fused-ring (bicyclic) bond motifs is 1. The van der Waals surface area contributed by atoms with Crippen LogP contribution in [0.2, 0.25) is 0 Å². The second-order valence-corrected chi connectivity index (χ2v) is 5.32. The average molecular weight is 244 g/mol. The molecule has 2 N–H and O–H groups in total. The number of carbonyl (C=O) groups excluding carboxylic acids is 1. The molecule has 1 aromatic rings. The van der Waals surface area contributed by atoms with E-state index >= 15 is 0 Å². The first-order chi connectivity index (χ1) is 8.83. The fourth-order valence-corrected chi connectivity index (χ4v) is 2.55. The summed E-state index contributed by atoms with van der Waals surface area (Å²) >= 11 is 0. The molecule has 0 aliphatic heterocycles. The summed E-state index contributed by atoms with van der Waals surface area (Å²) in [7, 11) is 0. The van der Waals surface area contributed by atoms with Crippen molar-refractivity contribution in [1.82, 2.24) is 10.6 Å². The molecular weight excluding hydrogens is 224 g/mol. The van der Waals surface area contributed by atoms with Crippen molar-refractivity contribution < 1.29 is 4.79 Å². The van der Waals surface area contributed by atoms with Crippen LogP contribution >= 0.6 is 0 Å². The first-order valence-corrected chi connectivity index (χ1v) is 6.96. The van der Waals surface area contributed by atoms with Gasteiger partial charge in [-0.15, -0.1) is 0 Å². The molecule has 18 heavy (non-hydrogen) atoms. The van der Waals surface area contributed by atoms with Gasteiger partial charge in [-0.1, -0.05) is 6.07 Å². The molecular formula is C15H20N2O. The number of rotatable bonds is 5. The smallest absolute Gasteiger partial charge is 0.251 e. The summed E-state index contributed by atoms with van der Waals surface area (Å²) in [4.78, 5) is 12.0. The quantitative estimate of drug-likeness (QED) is 0.773. The molecule has 3 heteroatoms. The predicted octanol–water partition coefficient (Wildman–Crippen LogP) is 1.66. The van der Waals surface area contributed by atoms with Gasteiger partial charge in [0.1, 0.15) is 0 Å². The fourth-order valence-electron chi connectivity index (χ4n) is 2.55. The first-order valence-electron chi connectivity index (χ1n) is 6.96. The molecule has 0 radical (unpaired) electrons. The third-order valence-corrected chi connectivity index (χ3v) is 3.78. The minimum atomic E-state index is 0.0577. The Morgan fingerprint density at radius 2 is 2.00 bits per heavy atom.